The zero-order chi connectivity index (χ0) is 17.1. The molecule has 1 aliphatic rings. The van der Waals surface area contributed by atoms with Crippen molar-refractivity contribution in [1.82, 2.24) is 10.3 Å². The van der Waals surface area contributed by atoms with E-state index in [9.17, 15) is 25.2 Å². The third-order valence-corrected chi connectivity index (χ3v) is 3.52. The van der Waals surface area contributed by atoms with E-state index in [0.717, 1.165) is 0 Å². The second kappa shape index (κ2) is 7.06. The summed E-state index contributed by atoms with van der Waals surface area (Å²) < 4.78 is 9.77. The lowest BCUT2D eigenvalue weighted by Crippen LogP contribution is -2.64. The number of aliphatic hydroxyl groups is 4. The van der Waals surface area contributed by atoms with E-state index in [4.69, 9.17) is 14.6 Å². The van der Waals surface area contributed by atoms with E-state index < -0.39 is 48.9 Å². The molecule has 2 heterocycles. The Kier molecular flexibility index (Phi) is 5.34. The first-order valence-electron chi connectivity index (χ1n) is 6.74. The summed E-state index contributed by atoms with van der Waals surface area (Å²) in [4.78, 5) is 15.9. The fourth-order valence-corrected chi connectivity index (χ4v) is 2.24. The number of amides is 1. The molecule has 0 bridgehead atoms. The number of nitrogens with zero attached hydrogens (tertiary/aromatic N) is 1. The van der Waals surface area contributed by atoms with Crippen LogP contribution in [0.1, 0.15) is 10.5 Å². The fourth-order valence-electron chi connectivity index (χ4n) is 2.24. The first-order valence-corrected chi connectivity index (χ1v) is 6.74. The molecule has 5 unspecified atom stereocenters. The Labute approximate surface area is 130 Å². The Morgan fingerprint density at radius 1 is 1.39 bits per heavy atom. The number of carbonyl (C=O) groups is 1. The summed E-state index contributed by atoms with van der Waals surface area (Å²) in [5.74, 6) is -1.41. The number of pyridine rings is 1. The highest BCUT2D eigenvalue weighted by atomic mass is 16.6. The zero-order valence-electron chi connectivity index (χ0n) is 12.2. The molecule has 10 heteroatoms. The smallest absolute Gasteiger partial charge is 0.274 e. The van der Waals surface area contributed by atoms with Crippen LogP contribution in [0.3, 0.4) is 0 Å². The van der Waals surface area contributed by atoms with E-state index in [-0.39, 0.29) is 11.4 Å². The van der Waals surface area contributed by atoms with Crippen LogP contribution in [-0.2, 0) is 4.74 Å². The van der Waals surface area contributed by atoms with Gasteiger partial charge in [0.05, 0.1) is 13.7 Å². The molecule has 10 nitrogen and oxygen atoms in total. The number of aliphatic hydroxyl groups excluding tert-OH is 4. The topological polar surface area (TPSA) is 162 Å². The Hall–Kier alpha value is -1.98. The van der Waals surface area contributed by atoms with Crippen LogP contribution in [0.4, 0.5) is 0 Å². The molecule has 1 aromatic rings. The maximum atomic E-state index is 12.2. The molecule has 0 radical (unpaired) electrons. The third kappa shape index (κ3) is 3.35. The number of hydrogen-bond donors (Lipinski definition) is 6. The summed E-state index contributed by atoms with van der Waals surface area (Å²) in [6.45, 7) is -0.617. The minimum atomic E-state index is -1.66. The van der Waals surface area contributed by atoms with Gasteiger partial charge in [-0.25, -0.2) is 4.98 Å². The molecule has 5 atom stereocenters. The number of methoxy groups -OCH3 is 1. The van der Waals surface area contributed by atoms with Gasteiger partial charge in [0.15, 0.2) is 23.5 Å². The van der Waals surface area contributed by atoms with Gasteiger partial charge in [0, 0.05) is 12.3 Å². The molecule has 1 saturated heterocycles. The average molecular weight is 330 g/mol. The predicted octanol–water partition coefficient (Wildman–Crippen LogP) is -2.67. The lowest BCUT2D eigenvalue weighted by Gasteiger charge is -2.40. The van der Waals surface area contributed by atoms with Gasteiger partial charge < -0.3 is 40.3 Å². The summed E-state index contributed by atoms with van der Waals surface area (Å²) in [6.07, 6.45) is -4.72. The first kappa shape index (κ1) is 17.4. The van der Waals surface area contributed by atoms with Gasteiger partial charge in [-0.05, 0) is 0 Å². The monoisotopic (exact) mass is 330 g/mol. The van der Waals surface area contributed by atoms with Crippen LogP contribution in [0.2, 0.25) is 0 Å². The van der Waals surface area contributed by atoms with Crippen LogP contribution in [0.15, 0.2) is 12.3 Å². The summed E-state index contributed by atoms with van der Waals surface area (Å²) in [5.41, 5.74) is -0.387. The van der Waals surface area contributed by atoms with Crippen LogP contribution >= 0.6 is 0 Å². The van der Waals surface area contributed by atoms with E-state index in [1.165, 1.54) is 19.4 Å². The largest absolute Gasteiger partial charge is 0.503 e. The van der Waals surface area contributed by atoms with E-state index in [1.54, 1.807) is 0 Å². The molecule has 1 fully saturated rings. The second-order valence-electron chi connectivity index (χ2n) is 4.94. The molecule has 23 heavy (non-hydrogen) atoms. The van der Waals surface area contributed by atoms with Crippen LogP contribution in [0.25, 0.3) is 0 Å². The standard InChI is InChI=1S/C13H18N2O8/c1-22-5-2-3-14-7(9(5)17)12(20)15-8-11(19)10(18)6(4-16)23-13(8)21/h2-3,6,8,10-11,13,16-19,21H,4H2,1H3,(H,15,20). The number of nitrogens with one attached hydrogen (secondary N) is 1. The SMILES string of the molecule is COc1ccnc(C(=O)NC2C(O)OC(CO)C(O)C2O)c1O. The van der Waals surface area contributed by atoms with Crippen molar-refractivity contribution in [1.29, 1.82) is 0 Å². The van der Waals surface area contributed by atoms with E-state index in [0.29, 0.717) is 0 Å². The van der Waals surface area contributed by atoms with Gasteiger partial charge in [0.1, 0.15) is 24.4 Å². The Bertz CT molecular complexity index is 569. The Balaban J connectivity index is 2.17. The molecular weight excluding hydrogens is 312 g/mol. The van der Waals surface area contributed by atoms with E-state index in [1.807, 2.05) is 0 Å². The minimum Gasteiger partial charge on any atom is -0.503 e. The molecule has 0 aliphatic carbocycles. The van der Waals surface area contributed by atoms with Crippen molar-refractivity contribution in [2.75, 3.05) is 13.7 Å². The van der Waals surface area contributed by atoms with E-state index in [2.05, 4.69) is 10.3 Å². The Morgan fingerprint density at radius 3 is 2.70 bits per heavy atom. The van der Waals surface area contributed by atoms with Crippen molar-refractivity contribution in [2.24, 2.45) is 0 Å². The summed E-state index contributed by atoms with van der Waals surface area (Å²) >= 11 is 0. The highest BCUT2D eigenvalue weighted by molar-refractivity contribution is 5.95. The second-order valence-corrected chi connectivity index (χ2v) is 4.94. The molecule has 2 rings (SSSR count). The molecule has 1 aliphatic heterocycles. The predicted molar refractivity (Wildman–Crippen MR) is 73.7 cm³/mol. The van der Waals surface area contributed by atoms with Gasteiger partial charge in [0.25, 0.3) is 5.91 Å². The molecule has 0 saturated carbocycles. The van der Waals surface area contributed by atoms with Crippen molar-refractivity contribution >= 4 is 5.91 Å². The highest BCUT2D eigenvalue weighted by Gasteiger charge is 2.44. The van der Waals surface area contributed by atoms with Crippen molar-refractivity contribution in [3.63, 3.8) is 0 Å². The average Bonchev–Trinajstić information content (AvgIpc) is 2.54. The summed E-state index contributed by atoms with van der Waals surface area (Å²) in [6, 6.07) is -0.0394. The van der Waals surface area contributed by atoms with Crippen LogP contribution in [0, 0.1) is 0 Å². The van der Waals surface area contributed by atoms with Crippen LogP contribution in [-0.4, -0.2) is 80.8 Å². The van der Waals surface area contributed by atoms with Crippen molar-refractivity contribution in [3.05, 3.63) is 18.0 Å². The van der Waals surface area contributed by atoms with E-state index >= 15 is 0 Å². The third-order valence-electron chi connectivity index (χ3n) is 3.52. The normalized spacial score (nSPS) is 30.7. The fraction of sp³-hybridized carbons (Fsp3) is 0.538. The number of rotatable bonds is 4. The van der Waals surface area contributed by atoms with Crippen molar-refractivity contribution in [2.45, 2.75) is 30.6 Å². The summed E-state index contributed by atoms with van der Waals surface area (Å²) in [5, 5.41) is 50.6. The van der Waals surface area contributed by atoms with Gasteiger partial charge in [-0.2, -0.15) is 0 Å². The maximum absolute atomic E-state index is 12.2. The van der Waals surface area contributed by atoms with Crippen LogP contribution in [0.5, 0.6) is 11.5 Å². The van der Waals surface area contributed by atoms with Gasteiger partial charge >= 0.3 is 0 Å². The van der Waals surface area contributed by atoms with Gasteiger partial charge in [-0.1, -0.05) is 0 Å². The van der Waals surface area contributed by atoms with Gasteiger partial charge in [0.2, 0.25) is 0 Å². The number of ether oxygens (including phenoxy) is 2. The molecule has 1 amide bonds. The molecule has 6 N–H and O–H groups in total. The zero-order valence-corrected chi connectivity index (χ0v) is 12.2. The number of aromatic hydroxyl groups is 1. The first-order chi connectivity index (χ1) is 10.9. The summed E-state index contributed by atoms with van der Waals surface area (Å²) in [7, 11) is 1.30. The number of aromatic nitrogens is 1. The van der Waals surface area contributed by atoms with Crippen LogP contribution < -0.4 is 10.1 Å². The number of carbonyl (C=O) groups excluding carboxylic acids is 1. The molecule has 0 spiro atoms. The lowest BCUT2D eigenvalue weighted by molar-refractivity contribution is -0.252. The van der Waals surface area contributed by atoms with Crippen molar-refractivity contribution < 1.29 is 39.8 Å². The van der Waals surface area contributed by atoms with Crippen molar-refractivity contribution in [3.8, 4) is 11.5 Å². The molecule has 1 aromatic heterocycles. The Morgan fingerprint density at radius 2 is 2.09 bits per heavy atom. The molecule has 0 aromatic carbocycles. The lowest BCUT2D eigenvalue weighted by atomic mass is 9.97. The number of hydrogen-bond acceptors (Lipinski definition) is 9. The maximum Gasteiger partial charge on any atom is 0.274 e. The molecular formula is C13H18N2O8. The van der Waals surface area contributed by atoms with Gasteiger partial charge in [-0.15, -0.1) is 0 Å². The minimum absolute atomic E-state index is 0.0199. The molecule has 128 valence electrons. The van der Waals surface area contributed by atoms with Gasteiger partial charge in [-0.3, -0.25) is 4.79 Å². The highest BCUT2D eigenvalue weighted by Crippen LogP contribution is 2.28. The quantitative estimate of drug-likeness (QED) is 0.345.